The Morgan fingerprint density at radius 2 is 1.75 bits per heavy atom. The number of hydrogen-bond donors (Lipinski definition) is 0. The molecule has 1 aliphatic heterocycles. The molecule has 0 unspecified atom stereocenters. The molecule has 162 valence electrons. The Morgan fingerprint density at radius 1 is 1.00 bits per heavy atom. The molecule has 7 heteroatoms. The van der Waals surface area contributed by atoms with E-state index in [0.717, 1.165) is 23.8 Å². The van der Waals surface area contributed by atoms with Crippen molar-refractivity contribution in [1.29, 1.82) is 0 Å². The number of aromatic nitrogens is 1. The van der Waals surface area contributed by atoms with E-state index in [1.54, 1.807) is 36.5 Å². The predicted octanol–water partition coefficient (Wildman–Crippen LogP) is 4.50. The SMILES string of the molecule is Cc1cnc(N2CCN(C(=O)c3cccc4c(=O)c(C)c(-c5ccccc5)oc34)CC2)s1. The summed E-state index contributed by atoms with van der Waals surface area (Å²) in [5, 5.41) is 1.43. The van der Waals surface area contributed by atoms with Crippen LogP contribution in [-0.4, -0.2) is 42.0 Å². The van der Waals surface area contributed by atoms with Crippen molar-refractivity contribution in [3.63, 3.8) is 0 Å². The number of aryl methyl sites for hydroxylation is 1. The number of piperazine rings is 1. The van der Waals surface area contributed by atoms with Crippen LogP contribution in [0.3, 0.4) is 0 Å². The predicted molar refractivity (Wildman–Crippen MR) is 128 cm³/mol. The number of nitrogens with zero attached hydrogens (tertiary/aromatic N) is 3. The summed E-state index contributed by atoms with van der Waals surface area (Å²) in [5.74, 6) is 0.392. The number of benzene rings is 2. The first-order valence-corrected chi connectivity index (χ1v) is 11.4. The highest BCUT2D eigenvalue weighted by molar-refractivity contribution is 7.15. The first kappa shape index (κ1) is 20.5. The van der Waals surface area contributed by atoms with E-state index >= 15 is 0 Å². The Kier molecular flexibility index (Phi) is 5.27. The van der Waals surface area contributed by atoms with Crippen molar-refractivity contribution in [2.75, 3.05) is 31.1 Å². The van der Waals surface area contributed by atoms with E-state index in [1.165, 1.54) is 4.88 Å². The highest BCUT2D eigenvalue weighted by atomic mass is 32.1. The maximum Gasteiger partial charge on any atom is 0.257 e. The smallest absolute Gasteiger partial charge is 0.257 e. The highest BCUT2D eigenvalue weighted by Crippen LogP contribution is 2.28. The third kappa shape index (κ3) is 3.58. The number of amides is 1. The molecule has 0 radical (unpaired) electrons. The van der Waals surface area contributed by atoms with Crippen LogP contribution in [0.1, 0.15) is 20.8 Å². The van der Waals surface area contributed by atoms with Crippen LogP contribution in [0.25, 0.3) is 22.3 Å². The minimum atomic E-state index is -0.114. The molecule has 0 bridgehead atoms. The van der Waals surface area contributed by atoms with Crippen molar-refractivity contribution in [3.8, 4) is 11.3 Å². The van der Waals surface area contributed by atoms with Gasteiger partial charge in [-0.25, -0.2) is 4.98 Å². The van der Waals surface area contributed by atoms with Crippen LogP contribution in [-0.2, 0) is 0 Å². The van der Waals surface area contributed by atoms with Gasteiger partial charge in [0.05, 0.1) is 10.9 Å². The molecule has 1 aliphatic rings. The number of fused-ring (bicyclic) bond motifs is 1. The molecular weight excluding hydrogens is 422 g/mol. The molecule has 1 saturated heterocycles. The molecule has 4 aromatic rings. The van der Waals surface area contributed by atoms with E-state index < -0.39 is 0 Å². The fourth-order valence-electron chi connectivity index (χ4n) is 4.10. The summed E-state index contributed by atoms with van der Waals surface area (Å²) in [6.45, 7) is 6.44. The lowest BCUT2D eigenvalue weighted by Crippen LogP contribution is -2.48. The Bertz CT molecular complexity index is 1350. The zero-order valence-electron chi connectivity index (χ0n) is 18.0. The summed E-state index contributed by atoms with van der Waals surface area (Å²) in [5.41, 5.74) is 2.03. The molecule has 0 N–H and O–H groups in total. The second-order valence-corrected chi connectivity index (χ2v) is 9.18. The number of rotatable bonds is 3. The standard InChI is InChI=1S/C25H23N3O3S/c1-16-15-26-25(32-16)28-13-11-27(12-14-28)24(30)20-10-6-9-19-21(29)17(2)22(31-23(19)20)18-7-4-3-5-8-18/h3-10,15H,11-14H2,1-2H3. The van der Waals surface area contributed by atoms with Gasteiger partial charge >= 0.3 is 0 Å². The Hall–Kier alpha value is -3.45. The largest absolute Gasteiger partial charge is 0.455 e. The summed E-state index contributed by atoms with van der Waals surface area (Å²) < 4.78 is 6.23. The third-order valence-electron chi connectivity index (χ3n) is 5.86. The van der Waals surface area contributed by atoms with Crippen LogP contribution in [0.2, 0.25) is 0 Å². The van der Waals surface area contributed by atoms with Crippen LogP contribution in [0.15, 0.2) is 63.9 Å². The van der Waals surface area contributed by atoms with Crippen molar-refractivity contribution < 1.29 is 9.21 Å². The lowest BCUT2D eigenvalue weighted by atomic mass is 10.0. The Labute approximate surface area is 189 Å². The highest BCUT2D eigenvalue weighted by Gasteiger charge is 2.26. The normalized spacial score (nSPS) is 14.2. The zero-order valence-corrected chi connectivity index (χ0v) is 18.8. The lowest BCUT2D eigenvalue weighted by Gasteiger charge is -2.34. The number of para-hydroxylation sites is 1. The summed E-state index contributed by atoms with van der Waals surface area (Å²) in [6.07, 6.45) is 1.88. The van der Waals surface area contributed by atoms with Crippen LogP contribution in [0, 0.1) is 13.8 Å². The molecule has 6 nitrogen and oxygen atoms in total. The number of anilines is 1. The van der Waals surface area contributed by atoms with Crippen LogP contribution >= 0.6 is 11.3 Å². The van der Waals surface area contributed by atoms with Gasteiger partial charge in [0, 0.05) is 48.4 Å². The Balaban J connectivity index is 1.48. The van der Waals surface area contributed by atoms with E-state index in [-0.39, 0.29) is 11.3 Å². The van der Waals surface area contributed by atoms with Crippen molar-refractivity contribution >= 4 is 33.3 Å². The molecule has 0 aliphatic carbocycles. The van der Waals surface area contributed by atoms with Crippen molar-refractivity contribution in [1.82, 2.24) is 9.88 Å². The Morgan fingerprint density at radius 3 is 2.44 bits per heavy atom. The molecule has 0 saturated carbocycles. The van der Waals surface area contributed by atoms with Crippen LogP contribution in [0.4, 0.5) is 5.13 Å². The van der Waals surface area contributed by atoms with Gasteiger partial charge in [-0.3, -0.25) is 9.59 Å². The molecule has 1 fully saturated rings. The fourth-order valence-corrected chi connectivity index (χ4v) is 4.91. The molecule has 1 amide bonds. The van der Waals surface area contributed by atoms with Crippen molar-refractivity contribution in [3.05, 3.63) is 81.0 Å². The summed E-state index contributed by atoms with van der Waals surface area (Å²) in [6, 6.07) is 14.8. The zero-order chi connectivity index (χ0) is 22.2. The van der Waals surface area contributed by atoms with Crippen LogP contribution < -0.4 is 10.3 Å². The molecule has 2 aromatic heterocycles. The maximum atomic E-state index is 13.4. The quantitative estimate of drug-likeness (QED) is 0.465. The summed E-state index contributed by atoms with van der Waals surface area (Å²) >= 11 is 1.67. The summed E-state index contributed by atoms with van der Waals surface area (Å²) in [4.78, 5) is 36.2. The number of carbonyl (C=O) groups is 1. The van der Waals surface area contributed by atoms with Gasteiger partial charge in [0.25, 0.3) is 5.91 Å². The first-order valence-electron chi connectivity index (χ1n) is 10.6. The minimum Gasteiger partial charge on any atom is -0.455 e. The third-order valence-corrected chi connectivity index (χ3v) is 6.83. The van der Waals surface area contributed by atoms with Crippen molar-refractivity contribution in [2.45, 2.75) is 13.8 Å². The molecule has 5 rings (SSSR count). The van der Waals surface area contributed by atoms with E-state index in [0.29, 0.717) is 40.9 Å². The van der Waals surface area contributed by atoms with Gasteiger partial charge in [0.1, 0.15) is 5.76 Å². The average Bonchev–Trinajstić information content (AvgIpc) is 3.27. The monoisotopic (exact) mass is 445 g/mol. The second-order valence-electron chi connectivity index (χ2n) is 7.97. The lowest BCUT2D eigenvalue weighted by molar-refractivity contribution is 0.0747. The average molecular weight is 446 g/mol. The van der Waals surface area contributed by atoms with E-state index in [4.69, 9.17) is 4.42 Å². The van der Waals surface area contributed by atoms with Crippen molar-refractivity contribution in [2.24, 2.45) is 0 Å². The fraction of sp³-hybridized carbons (Fsp3) is 0.240. The van der Waals surface area contributed by atoms with Gasteiger partial charge in [0.15, 0.2) is 16.1 Å². The van der Waals surface area contributed by atoms with Gasteiger partial charge in [-0.1, -0.05) is 36.4 Å². The van der Waals surface area contributed by atoms with Gasteiger partial charge in [0.2, 0.25) is 0 Å². The molecule has 2 aromatic carbocycles. The minimum absolute atomic E-state index is 0.108. The molecule has 0 spiro atoms. The molecule has 3 heterocycles. The summed E-state index contributed by atoms with van der Waals surface area (Å²) in [7, 11) is 0. The molecular formula is C25H23N3O3S. The van der Waals surface area contributed by atoms with E-state index in [2.05, 4.69) is 9.88 Å². The number of carbonyl (C=O) groups excluding carboxylic acids is 1. The molecule has 0 atom stereocenters. The van der Waals surface area contributed by atoms with Gasteiger partial charge in [-0.15, -0.1) is 11.3 Å². The first-order chi connectivity index (χ1) is 15.5. The number of thiazole rings is 1. The van der Waals surface area contributed by atoms with E-state index in [1.807, 2.05) is 48.4 Å². The maximum absolute atomic E-state index is 13.4. The molecule has 32 heavy (non-hydrogen) atoms. The van der Waals surface area contributed by atoms with Gasteiger partial charge in [-0.05, 0) is 26.0 Å². The number of hydrogen-bond acceptors (Lipinski definition) is 6. The van der Waals surface area contributed by atoms with Gasteiger partial charge < -0.3 is 14.2 Å². The van der Waals surface area contributed by atoms with E-state index in [9.17, 15) is 9.59 Å². The van der Waals surface area contributed by atoms with Crippen LogP contribution in [0.5, 0.6) is 0 Å². The topological polar surface area (TPSA) is 66.7 Å². The second kappa shape index (κ2) is 8.24. The van der Waals surface area contributed by atoms with Gasteiger partial charge in [-0.2, -0.15) is 0 Å².